The number of nitrogens with one attached hydrogen (secondary N) is 2. The number of hydrogen-bond donors (Lipinski definition) is 4. The molecule has 2 aromatic carbocycles. The molecule has 0 aliphatic carbocycles. The molecule has 0 unspecified atom stereocenters. The molecule has 2 amide bonds. The number of rotatable bonds is 15. The van der Waals surface area contributed by atoms with Crippen molar-refractivity contribution < 1.29 is 38.7 Å². The van der Waals surface area contributed by atoms with E-state index in [2.05, 4.69) is 21.1 Å². The highest BCUT2D eigenvalue weighted by molar-refractivity contribution is 5.85. The fraction of sp³-hybridized carbons (Fsp3) is 0.385. The van der Waals surface area contributed by atoms with Crippen molar-refractivity contribution in [3.63, 3.8) is 0 Å². The minimum atomic E-state index is -0.228. The fourth-order valence-electron chi connectivity index (χ4n) is 3.37. The maximum Gasteiger partial charge on any atom is 0.240 e. The molecule has 0 radical (unpaired) electrons. The zero-order valence-corrected chi connectivity index (χ0v) is 21.9. The number of carbonyl (C=O) groups is 2. The lowest BCUT2D eigenvalue weighted by Crippen LogP contribution is -2.17. The predicted molar refractivity (Wildman–Crippen MR) is 142 cm³/mol. The van der Waals surface area contributed by atoms with Crippen molar-refractivity contribution in [2.24, 2.45) is 10.2 Å². The number of benzene rings is 2. The second-order valence-corrected chi connectivity index (χ2v) is 8.05. The maximum absolute atomic E-state index is 12.0. The molecule has 0 saturated heterocycles. The van der Waals surface area contributed by atoms with Gasteiger partial charge in [0, 0.05) is 24.0 Å². The van der Waals surface area contributed by atoms with Gasteiger partial charge in [0.05, 0.1) is 40.9 Å². The van der Waals surface area contributed by atoms with Crippen molar-refractivity contribution in [2.45, 2.75) is 38.5 Å². The second kappa shape index (κ2) is 15.6. The number of amides is 2. The normalized spacial score (nSPS) is 10.9. The van der Waals surface area contributed by atoms with Crippen LogP contribution in [0.2, 0.25) is 0 Å². The van der Waals surface area contributed by atoms with E-state index in [1.165, 1.54) is 40.9 Å². The number of nitrogens with zero attached hydrogens (tertiary/aromatic N) is 2. The first-order valence-corrected chi connectivity index (χ1v) is 11.9. The summed E-state index contributed by atoms with van der Waals surface area (Å²) in [6, 6.07) is 6.26. The van der Waals surface area contributed by atoms with Gasteiger partial charge in [-0.2, -0.15) is 10.2 Å². The first kappa shape index (κ1) is 29.7. The summed E-state index contributed by atoms with van der Waals surface area (Å²) in [7, 11) is 5.69. The Balaban J connectivity index is 1.64. The van der Waals surface area contributed by atoms with Crippen LogP contribution < -0.4 is 29.8 Å². The molecule has 0 heterocycles. The molecule has 0 aromatic heterocycles. The number of hydrogen-bond acceptors (Lipinski definition) is 10. The van der Waals surface area contributed by atoms with E-state index in [4.69, 9.17) is 18.9 Å². The van der Waals surface area contributed by atoms with Gasteiger partial charge in [-0.1, -0.05) is 12.8 Å². The Morgan fingerprint density at radius 3 is 1.26 bits per heavy atom. The predicted octanol–water partition coefficient (Wildman–Crippen LogP) is 3.07. The van der Waals surface area contributed by atoms with Gasteiger partial charge in [-0.3, -0.25) is 9.59 Å². The summed E-state index contributed by atoms with van der Waals surface area (Å²) in [6.45, 7) is 0. The molecular formula is C26H34N4O8. The first-order valence-electron chi connectivity index (χ1n) is 11.9. The lowest BCUT2D eigenvalue weighted by atomic mass is 10.1. The van der Waals surface area contributed by atoms with Crippen molar-refractivity contribution in [3.8, 4) is 34.5 Å². The van der Waals surface area contributed by atoms with Crippen LogP contribution in [0.25, 0.3) is 0 Å². The molecule has 2 rings (SSSR count). The highest BCUT2D eigenvalue weighted by Crippen LogP contribution is 2.37. The van der Waals surface area contributed by atoms with Crippen LogP contribution in [0.5, 0.6) is 34.5 Å². The highest BCUT2D eigenvalue weighted by atomic mass is 16.5. The summed E-state index contributed by atoms with van der Waals surface area (Å²) in [5, 5.41) is 27.7. The highest BCUT2D eigenvalue weighted by Gasteiger charge is 2.11. The Labute approximate surface area is 221 Å². The number of carbonyl (C=O) groups excluding carboxylic acids is 2. The average Bonchev–Trinajstić information content (AvgIpc) is 2.91. The van der Waals surface area contributed by atoms with Gasteiger partial charge in [0.15, 0.2) is 23.0 Å². The standard InChI is InChI=1S/C26H34N4O8/c1-35-19-11-17(12-20(36-2)25(19)33)15-27-29-23(31)9-7-5-6-8-10-24(32)30-28-16-18-13-21(37-3)26(34)22(14-18)38-4/h11-16,33-34H,5-10H2,1-4H3,(H,29,31)(H,30,32)/b27-15+,28-16+. The molecule has 206 valence electrons. The monoisotopic (exact) mass is 530 g/mol. The molecule has 0 spiro atoms. The van der Waals surface area contributed by atoms with Gasteiger partial charge >= 0.3 is 0 Å². The maximum atomic E-state index is 12.0. The van der Waals surface area contributed by atoms with Crippen LogP contribution in [-0.2, 0) is 9.59 Å². The van der Waals surface area contributed by atoms with Crippen molar-refractivity contribution in [1.82, 2.24) is 10.9 Å². The molecule has 0 aliphatic heterocycles. The van der Waals surface area contributed by atoms with E-state index in [1.807, 2.05) is 0 Å². The largest absolute Gasteiger partial charge is 0.502 e. The lowest BCUT2D eigenvalue weighted by Gasteiger charge is -2.09. The number of unbranched alkanes of at least 4 members (excludes halogenated alkanes) is 3. The van der Waals surface area contributed by atoms with Gasteiger partial charge in [-0.05, 0) is 37.1 Å². The Kier molecular flexibility index (Phi) is 12.2. The van der Waals surface area contributed by atoms with E-state index in [0.717, 1.165) is 12.8 Å². The van der Waals surface area contributed by atoms with E-state index in [0.29, 0.717) is 36.8 Å². The van der Waals surface area contributed by atoms with Crippen LogP contribution in [0, 0.1) is 0 Å². The molecule has 12 heteroatoms. The van der Waals surface area contributed by atoms with Crippen LogP contribution in [0.15, 0.2) is 34.5 Å². The summed E-state index contributed by atoms with van der Waals surface area (Å²) >= 11 is 0. The van der Waals surface area contributed by atoms with Crippen LogP contribution in [0.3, 0.4) is 0 Å². The molecule has 0 aliphatic rings. The van der Waals surface area contributed by atoms with E-state index in [9.17, 15) is 19.8 Å². The number of ether oxygens (including phenoxy) is 4. The quantitative estimate of drug-likeness (QED) is 0.155. The Bertz CT molecular complexity index is 1010. The lowest BCUT2D eigenvalue weighted by molar-refractivity contribution is -0.122. The SMILES string of the molecule is COc1cc(/C=N/NC(=O)CCCCCCC(=O)N/N=C/c2cc(OC)c(O)c(OC)c2)cc(OC)c1O. The summed E-state index contributed by atoms with van der Waals surface area (Å²) in [6.07, 6.45) is 6.35. The van der Waals surface area contributed by atoms with E-state index in [-0.39, 0.29) is 46.3 Å². The molecule has 4 N–H and O–H groups in total. The molecule has 0 atom stereocenters. The number of methoxy groups -OCH3 is 4. The number of hydrazone groups is 2. The first-order chi connectivity index (χ1) is 18.3. The van der Waals surface area contributed by atoms with Crippen LogP contribution >= 0.6 is 0 Å². The van der Waals surface area contributed by atoms with E-state index >= 15 is 0 Å². The zero-order valence-electron chi connectivity index (χ0n) is 21.9. The third-order valence-electron chi connectivity index (χ3n) is 5.37. The molecule has 0 fully saturated rings. The Hall–Kier alpha value is -4.48. The van der Waals surface area contributed by atoms with Gasteiger partial charge in [-0.25, -0.2) is 10.9 Å². The van der Waals surface area contributed by atoms with Gasteiger partial charge in [0.25, 0.3) is 0 Å². The van der Waals surface area contributed by atoms with Gasteiger partial charge < -0.3 is 29.2 Å². The molecule has 38 heavy (non-hydrogen) atoms. The summed E-state index contributed by atoms with van der Waals surface area (Å²) in [5.74, 6) is 0.248. The van der Waals surface area contributed by atoms with Crippen LogP contribution in [-0.4, -0.2) is 62.9 Å². The van der Waals surface area contributed by atoms with Crippen molar-refractivity contribution in [2.75, 3.05) is 28.4 Å². The third-order valence-corrected chi connectivity index (χ3v) is 5.37. The fourth-order valence-corrected chi connectivity index (χ4v) is 3.37. The molecule has 0 saturated carbocycles. The molecule has 12 nitrogen and oxygen atoms in total. The number of phenols is 2. The third kappa shape index (κ3) is 9.19. The zero-order chi connectivity index (χ0) is 27.9. The molecule has 0 bridgehead atoms. The Morgan fingerprint density at radius 2 is 0.974 bits per heavy atom. The second-order valence-electron chi connectivity index (χ2n) is 8.05. The van der Waals surface area contributed by atoms with E-state index in [1.54, 1.807) is 24.3 Å². The van der Waals surface area contributed by atoms with Crippen LogP contribution in [0.4, 0.5) is 0 Å². The van der Waals surface area contributed by atoms with Crippen molar-refractivity contribution >= 4 is 24.2 Å². The van der Waals surface area contributed by atoms with Crippen LogP contribution in [0.1, 0.15) is 49.7 Å². The molecule has 2 aromatic rings. The number of aromatic hydroxyl groups is 2. The summed E-state index contributed by atoms with van der Waals surface area (Å²) in [5.41, 5.74) is 6.09. The minimum Gasteiger partial charge on any atom is -0.502 e. The summed E-state index contributed by atoms with van der Waals surface area (Å²) < 4.78 is 20.3. The number of phenolic OH excluding ortho intramolecular Hbond substituents is 2. The van der Waals surface area contributed by atoms with Gasteiger partial charge in [0.1, 0.15) is 0 Å². The summed E-state index contributed by atoms with van der Waals surface area (Å²) in [4.78, 5) is 24.0. The van der Waals surface area contributed by atoms with Crippen molar-refractivity contribution in [1.29, 1.82) is 0 Å². The smallest absolute Gasteiger partial charge is 0.240 e. The van der Waals surface area contributed by atoms with E-state index < -0.39 is 0 Å². The Morgan fingerprint density at radius 1 is 0.658 bits per heavy atom. The van der Waals surface area contributed by atoms with Gasteiger partial charge in [0.2, 0.25) is 23.3 Å². The minimum absolute atomic E-state index is 0.113. The topological polar surface area (TPSA) is 160 Å². The van der Waals surface area contributed by atoms with Crippen molar-refractivity contribution in [3.05, 3.63) is 35.4 Å². The van der Waals surface area contributed by atoms with Gasteiger partial charge in [-0.15, -0.1) is 0 Å². The molecular weight excluding hydrogens is 496 g/mol. The average molecular weight is 531 g/mol.